The molecule has 0 aromatic rings. The molecule has 0 saturated carbocycles. The van der Waals surface area contributed by atoms with Crippen LogP contribution in [-0.2, 0) is 19.1 Å². The summed E-state index contributed by atoms with van der Waals surface area (Å²) in [6.45, 7) is 5.25. The fraction of sp³-hybridized carbons (Fsp3) is 0.818. The van der Waals surface area contributed by atoms with Crippen molar-refractivity contribution in [2.24, 2.45) is 0 Å². The quantitative estimate of drug-likeness (QED) is 0.557. The molecule has 0 bridgehead atoms. The zero-order chi connectivity index (χ0) is 12.2. The van der Waals surface area contributed by atoms with E-state index in [-0.39, 0.29) is 24.9 Å². The minimum atomic E-state index is -0.135. The Morgan fingerprint density at radius 3 is 2.25 bits per heavy atom. The molecule has 0 fully saturated rings. The van der Waals surface area contributed by atoms with E-state index in [0.717, 1.165) is 6.42 Å². The van der Waals surface area contributed by atoms with Crippen molar-refractivity contribution in [3.05, 3.63) is 0 Å². The van der Waals surface area contributed by atoms with Crippen LogP contribution >= 0.6 is 0 Å². The smallest absolute Gasteiger partial charge is 0.245 e. The first-order valence-electron chi connectivity index (χ1n) is 5.64. The number of ketones is 1. The minimum absolute atomic E-state index is 0.0418. The van der Waals surface area contributed by atoms with Crippen LogP contribution in [-0.4, -0.2) is 44.7 Å². The number of Topliss-reactive ketones (excluding diaryl/α,β-unsaturated/α-hetero) is 1. The van der Waals surface area contributed by atoms with E-state index >= 15 is 0 Å². The molecule has 94 valence electrons. The van der Waals surface area contributed by atoms with Gasteiger partial charge in [0.25, 0.3) is 0 Å². The van der Waals surface area contributed by atoms with Crippen molar-refractivity contribution >= 4 is 11.7 Å². The Morgan fingerprint density at radius 1 is 1.06 bits per heavy atom. The molecule has 0 radical (unpaired) electrons. The maximum Gasteiger partial charge on any atom is 0.245 e. The van der Waals surface area contributed by atoms with Crippen LogP contribution in [0.5, 0.6) is 0 Å². The van der Waals surface area contributed by atoms with Gasteiger partial charge in [-0.05, 0) is 13.3 Å². The number of ether oxygens (including phenoxy) is 2. The predicted octanol–water partition coefficient (Wildman–Crippen LogP) is 0.525. The van der Waals surface area contributed by atoms with E-state index < -0.39 is 0 Å². The lowest BCUT2D eigenvalue weighted by atomic mass is 10.2. The molecule has 0 atom stereocenters. The average Bonchev–Trinajstić information content (AvgIpc) is 2.24. The molecule has 0 aliphatic heterocycles. The van der Waals surface area contributed by atoms with Crippen LogP contribution in [0.4, 0.5) is 0 Å². The summed E-state index contributed by atoms with van der Waals surface area (Å²) in [5.41, 5.74) is 0. The largest absolute Gasteiger partial charge is 0.371 e. The van der Waals surface area contributed by atoms with Gasteiger partial charge in [-0.1, -0.05) is 6.92 Å². The molecule has 16 heavy (non-hydrogen) atoms. The van der Waals surface area contributed by atoms with E-state index in [1.54, 1.807) is 0 Å². The number of rotatable bonds is 10. The summed E-state index contributed by atoms with van der Waals surface area (Å²) in [5, 5.41) is 2.61. The molecule has 0 aromatic heterocycles. The molecule has 0 aliphatic carbocycles. The highest BCUT2D eigenvalue weighted by Gasteiger charge is 2.01. The van der Waals surface area contributed by atoms with Crippen molar-refractivity contribution in [3.8, 4) is 0 Å². The van der Waals surface area contributed by atoms with E-state index in [4.69, 9.17) is 9.47 Å². The van der Waals surface area contributed by atoms with Crippen LogP contribution in [0.1, 0.15) is 26.7 Å². The lowest BCUT2D eigenvalue weighted by molar-refractivity contribution is -0.128. The third-order valence-corrected chi connectivity index (χ3v) is 1.77. The number of hydrogen-bond acceptors (Lipinski definition) is 4. The molecule has 0 rings (SSSR count). The Morgan fingerprint density at radius 2 is 1.69 bits per heavy atom. The maximum atomic E-state index is 11.0. The van der Waals surface area contributed by atoms with Crippen LogP contribution in [0.15, 0.2) is 0 Å². The van der Waals surface area contributed by atoms with Gasteiger partial charge in [-0.25, -0.2) is 0 Å². The van der Waals surface area contributed by atoms with Crippen LogP contribution in [0.2, 0.25) is 0 Å². The summed E-state index contributed by atoms with van der Waals surface area (Å²) in [6.07, 6.45) is 1.40. The number of nitrogens with one attached hydrogen (secondary N) is 1. The fourth-order valence-corrected chi connectivity index (χ4v) is 1.07. The van der Waals surface area contributed by atoms with Gasteiger partial charge in [-0.15, -0.1) is 0 Å². The summed E-state index contributed by atoms with van der Waals surface area (Å²) in [5.74, 6) is -0.0317. The van der Waals surface area contributed by atoms with E-state index in [1.807, 2.05) is 13.8 Å². The SMILES string of the molecule is CCCC(=O)COCCOCC(=O)NCC. The van der Waals surface area contributed by atoms with Gasteiger partial charge in [0.1, 0.15) is 13.2 Å². The molecule has 0 spiro atoms. The highest BCUT2D eigenvalue weighted by atomic mass is 16.5. The van der Waals surface area contributed by atoms with E-state index in [2.05, 4.69) is 5.32 Å². The second kappa shape index (κ2) is 10.6. The van der Waals surface area contributed by atoms with Gasteiger partial charge in [0, 0.05) is 13.0 Å². The molecular formula is C11H21NO4. The van der Waals surface area contributed by atoms with Crippen LogP contribution < -0.4 is 5.32 Å². The van der Waals surface area contributed by atoms with Gasteiger partial charge >= 0.3 is 0 Å². The zero-order valence-electron chi connectivity index (χ0n) is 10.1. The molecule has 0 saturated heterocycles. The summed E-state index contributed by atoms with van der Waals surface area (Å²) in [7, 11) is 0. The molecule has 1 N–H and O–H groups in total. The zero-order valence-corrected chi connectivity index (χ0v) is 10.1. The summed E-state index contributed by atoms with van der Waals surface area (Å²) in [4.78, 5) is 22.0. The number of likely N-dealkylation sites (N-methyl/N-ethyl adjacent to an activating group) is 1. The standard InChI is InChI=1S/C11H21NO4/c1-3-5-10(13)8-15-6-7-16-9-11(14)12-4-2/h3-9H2,1-2H3,(H,12,14). The lowest BCUT2D eigenvalue weighted by Crippen LogP contribution is -2.27. The fourth-order valence-electron chi connectivity index (χ4n) is 1.07. The Labute approximate surface area is 96.5 Å². The molecular weight excluding hydrogens is 210 g/mol. The van der Waals surface area contributed by atoms with Crippen molar-refractivity contribution in [2.45, 2.75) is 26.7 Å². The Balaban J connectivity index is 3.21. The van der Waals surface area contributed by atoms with Gasteiger partial charge in [0.05, 0.1) is 13.2 Å². The van der Waals surface area contributed by atoms with Gasteiger partial charge in [0.15, 0.2) is 5.78 Å². The predicted molar refractivity (Wildman–Crippen MR) is 60.2 cm³/mol. The number of carbonyl (C=O) groups excluding carboxylic acids is 2. The lowest BCUT2D eigenvalue weighted by Gasteiger charge is -2.05. The Kier molecular flexibility index (Phi) is 9.95. The van der Waals surface area contributed by atoms with Crippen molar-refractivity contribution in [2.75, 3.05) is 33.0 Å². The molecule has 0 unspecified atom stereocenters. The Bertz CT molecular complexity index is 184. The van der Waals surface area contributed by atoms with E-state index in [9.17, 15) is 9.59 Å². The normalized spacial score (nSPS) is 10.1. The van der Waals surface area contributed by atoms with Gasteiger partial charge in [0.2, 0.25) is 5.91 Å². The van der Waals surface area contributed by atoms with Crippen LogP contribution in [0.25, 0.3) is 0 Å². The van der Waals surface area contributed by atoms with Crippen LogP contribution in [0.3, 0.4) is 0 Å². The van der Waals surface area contributed by atoms with Gasteiger partial charge < -0.3 is 14.8 Å². The molecule has 1 amide bonds. The highest BCUT2D eigenvalue weighted by molar-refractivity contribution is 5.79. The third-order valence-electron chi connectivity index (χ3n) is 1.77. The number of hydrogen-bond donors (Lipinski definition) is 1. The molecule has 0 heterocycles. The topological polar surface area (TPSA) is 64.6 Å². The monoisotopic (exact) mass is 231 g/mol. The highest BCUT2D eigenvalue weighted by Crippen LogP contribution is 1.90. The minimum Gasteiger partial charge on any atom is -0.371 e. The first-order chi connectivity index (χ1) is 7.70. The summed E-state index contributed by atoms with van der Waals surface area (Å²) >= 11 is 0. The van der Waals surface area contributed by atoms with Gasteiger partial charge in [-0.3, -0.25) is 9.59 Å². The number of amides is 1. The maximum absolute atomic E-state index is 11.0. The third kappa shape index (κ3) is 9.61. The molecule has 0 aliphatic rings. The van der Waals surface area contributed by atoms with Crippen molar-refractivity contribution in [3.63, 3.8) is 0 Å². The molecule has 5 heteroatoms. The first-order valence-corrected chi connectivity index (χ1v) is 5.64. The second-order valence-corrected chi connectivity index (χ2v) is 3.35. The summed E-state index contributed by atoms with van der Waals surface area (Å²) < 4.78 is 10.1. The van der Waals surface area contributed by atoms with Gasteiger partial charge in [-0.2, -0.15) is 0 Å². The van der Waals surface area contributed by atoms with Crippen LogP contribution in [0, 0.1) is 0 Å². The van der Waals surface area contributed by atoms with Crippen molar-refractivity contribution in [1.29, 1.82) is 0 Å². The molecule has 0 aromatic carbocycles. The van der Waals surface area contributed by atoms with Crippen molar-refractivity contribution < 1.29 is 19.1 Å². The Hall–Kier alpha value is -0.940. The van der Waals surface area contributed by atoms with E-state index in [0.29, 0.717) is 26.2 Å². The summed E-state index contributed by atoms with van der Waals surface area (Å²) in [6, 6.07) is 0. The average molecular weight is 231 g/mol. The first kappa shape index (κ1) is 15.1. The second-order valence-electron chi connectivity index (χ2n) is 3.35. The van der Waals surface area contributed by atoms with Crippen molar-refractivity contribution in [1.82, 2.24) is 5.32 Å². The number of carbonyl (C=O) groups is 2. The molecule has 5 nitrogen and oxygen atoms in total. The van der Waals surface area contributed by atoms with E-state index in [1.165, 1.54) is 0 Å².